The Morgan fingerprint density at radius 2 is 1.75 bits per heavy atom. The Labute approximate surface area is 212 Å². The van der Waals surface area contributed by atoms with Crippen LogP contribution in [0.15, 0.2) is 60.7 Å². The van der Waals surface area contributed by atoms with E-state index in [0.29, 0.717) is 18.8 Å². The summed E-state index contributed by atoms with van der Waals surface area (Å²) in [6, 6.07) is 19.8. The minimum atomic E-state index is -0.603. The first-order chi connectivity index (χ1) is 17.5. The number of rotatable bonds is 6. The number of benzene rings is 3. The number of ether oxygens (including phenoxy) is 2. The van der Waals surface area contributed by atoms with Crippen LogP contribution in [0.5, 0.6) is 11.5 Å². The van der Waals surface area contributed by atoms with Crippen LogP contribution in [0, 0.1) is 0 Å². The normalized spacial score (nSPS) is 17.3. The second kappa shape index (κ2) is 10.5. The molecular formula is C29H33N3O4. The third-order valence-electron chi connectivity index (χ3n) is 7.09. The predicted octanol–water partition coefficient (Wildman–Crippen LogP) is 4.09. The highest BCUT2D eigenvalue weighted by Crippen LogP contribution is 2.33. The highest BCUT2D eigenvalue weighted by atomic mass is 16.5. The molecule has 0 aliphatic carbocycles. The number of nitrogens with zero attached hydrogens (tertiary/aromatic N) is 3. The lowest BCUT2D eigenvalue weighted by atomic mass is 10.1. The summed E-state index contributed by atoms with van der Waals surface area (Å²) in [5.74, 6) is 1.48. The molecule has 5 rings (SSSR count). The van der Waals surface area contributed by atoms with Crippen LogP contribution in [0.25, 0.3) is 10.8 Å². The number of piperidine rings is 1. The fourth-order valence-electron chi connectivity index (χ4n) is 5.05. The first kappa shape index (κ1) is 24.0. The molecule has 2 aliphatic rings. The first-order valence-corrected chi connectivity index (χ1v) is 12.6. The molecule has 188 valence electrons. The Morgan fingerprint density at radius 1 is 1.00 bits per heavy atom. The fourth-order valence-corrected chi connectivity index (χ4v) is 5.05. The van der Waals surface area contributed by atoms with Crippen LogP contribution in [0.3, 0.4) is 0 Å². The average molecular weight is 488 g/mol. The van der Waals surface area contributed by atoms with Gasteiger partial charge in [0.05, 0.1) is 25.9 Å². The van der Waals surface area contributed by atoms with Crippen LogP contribution in [-0.2, 0) is 16.1 Å². The molecule has 1 unspecified atom stereocenters. The highest BCUT2D eigenvalue weighted by Gasteiger charge is 2.34. The molecule has 36 heavy (non-hydrogen) atoms. The number of carbonyl (C=O) groups excluding carboxylic acids is 2. The maximum atomic E-state index is 13.3. The van der Waals surface area contributed by atoms with E-state index in [9.17, 15) is 9.59 Å². The Morgan fingerprint density at radius 3 is 2.56 bits per heavy atom. The molecule has 2 aliphatic heterocycles. The van der Waals surface area contributed by atoms with Gasteiger partial charge in [-0.05, 0) is 65.9 Å². The minimum Gasteiger partial charge on any atom is -0.497 e. The number of anilines is 1. The molecule has 0 radical (unpaired) electrons. The molecular weight excluding hydrogens is 454 g/mol. The second-order valence-electron chi connectivity index (χ2n) is 9.64. The molecule has 0 aromatic heterocycles. The maximum absolute atomic E-state index is 13.3. The van der Waals surface area contributed by atoms with Crippen molar-refractivity contribution < 1.29 is 19.1 Å². The molecule has 0 spiro atoms. The van der Waals surface area contributed by atoms with Crippen LogP contribution in [0.2, 0.25) is 0 Å². The average Bonchev–Trinajstić information content (AvgIpc) is 2.92. The quantitative estimate of drug-likeness (QED) is 0.524. The van der Waals surface area contributed by atoms with Crippen molar-refractivity contribution in [3.63, 3.8) is 0 Å². The van der Waals surface area contributed by atoms with E-state index in [-0.39, 0.29) is 18.4 Å². The van der Waals surface area contributed by atoms with Gasteiger partial charge in [0.25, 0.3) is 5.91 Å². The number of likely N-dealkylation sites (N-methyl/N-ethyl adjacent to an activating group) is 1. The first-order valence-electron chi connectivity index (χ1n) is 12.6. The Hall–Kier alpha value is -3.74. The molecule has 7 heteroatoms. The van der Waals surface area contributed by atoms with E-state index < -0.39 is 6.10 Å². The summed E-state index contributed by atoms with van der Waals surface area (Å²) >= 11 is 0. The fraction of sp³-hybridized carbons (Fsp3) is 0.379. The predicted molar refractivity (Wildman–Crippen MR) is 140 cm³/mol. The van der Waals surface area contributed by atoms with Gasteiger partial charge in [-0.1, -0.05) is 30.3 Å². The summed E-state index contributed by atoms with van der Waals surface area (Å²) in [4.78, 5) is 32.1. The number of fused-ring (bicyclic) bond motifs is 2. The number of likely N-dealkylation sites (tertiary alicyclic amines) is 1. The number of carbonyl (C=O) groups is 2. The van der Waals surface area contributed by atoms with E-state index in [1.165, 1.54) is 0 Å². The zero-order valence-electron chi connectivity index (χ0n) is 21.0. The lowest BCUT2D eigenvalue weighted by molar-refractivity contribution is -0.139. The van der Waals surface area contributed by atoms with E-state index in [4.69, 9.17) is 9.47 Å². The van der Waals surface area contributed by atoms with Gasteiger partial charge in [0.1, 0.15) is 11.5 Å². The molecule has 0 N–H and O–H groups in total. The van der Waals surface area contributed by atoms with E-state index in [2.05, 4.69) is 12.1 Å². The lowest BCUT2D eigenvalue weighted by Gasteiger charge is -2.38. The third kappa shape index (κ3) is 5.10. The number of hydrogen-bond donors (Lipinski definition) is 0. The maximum Gasteiger partial charge on any atom is 0.265 e. The molecule has 3 aromatic carbocycles. The summed E-state index contributed by atoms with van der Waals surface area (Å²) in [7, 11) is 3.48. The highest BCUT2D eigenvalue weighted by molar-refractivity contribution is 5.87. The molecule has 2 heterocycles. The zero-order valence-corrected chi connectivity index (χ0v) is 21.0. The van der Waals surface area contributed by atoms with Crippen LogP contribution < -0.4 is 14.4 Å². The molecule has 1 saturated heterocycles. The van der Waals surface area contributed by atoms with Crippen molar-refractivity contribution in [2.75, 3.05) is 45.2 Å². The van der Waals surface area contributed by atoms with Crippen molar-refractivity contribution in [1.29, 1.82) is 0 Å². The van der Waals surface area contributed by atoms with Crippen LogP contribution in [0.1, 0.15) is 24.8 Å². The molecule has 1 atom stereocenters. The van der Waals surface area contributed by atoms with Crippen molar-refractivity contribution in [3.05, 3.63) is 66.2 Å². The van der Waals surface area contributed by atoms with E-state index >= 15 is 0 Å². The van der Waals surface area contributed by atoms with Gasteiger partial charge in [-0.2, -0.15) is 0 Å². The van der Waals surface area contributed by atoms with E-state index in [0.717, 1.165) is 60.1 Å². The topological polar surface area (TPSA) is 62.3 Å². The molecule has 0 saturated carbocycles. The van der Waals surface area contributed by atoms with Gasteiger partial charge in [0.2, 0.25) is 5.91 Å². The summed E-state index contributed by atoms with van der Waals surface area (Å²) in [6.45, 7) is 2.61. The summed E-state index contributed by atoms with van der Waals surface area (Å²) in [5.41, 5.74) is 1.91. The van der Waals surface area contributed by atoms with Gasteiger partial charge >= 0.3 is 0 Å². The largest absolute Gasteiger partial charge is 0.497 e. The van der Waals surface area contributed by atoms with Crippen molar-refractivity contribution in [2.45, 2.75) is 31.9 Å². The van der Waals surface area contributed by atoms with Crippen molar-refractivity contribution >= 4 is 28.3 Å². The Balaban J connectivity index is 1.28. The van der Waals surface area contributed by atoms with Crippen LogP contribution in [-0.4, -0.2) is 68.1 Å². The Kier molecular flexibility index (Phi) is 6.98. The smallest absolute Gasteiger partial charge is 0.265 e. The minimum absolute atomic E-state index is 0.00861. The monoisotopic (exact) mass is 487 g/mol. The van der Waals surface area contributed by atoms with Crippen LogP contribution >= 0.6 is 0 Å². The van der Waals surface area contributed by atoms with E-state index in [1.54, 1.807) is 12.0 Å². The van der Waals surface area contributed by atoms with Gasteiger partial charge in [-0.25, -0.2) is 0 Å². The van der Waals surface area contributed by atoms with Gasteiger partial charge in [0, 0.05) is 26.7 Å². The Bertz CT molecular complexity index is 1250. The van der Waals surface area contributed by atoms with E-state index in [1.807, 2.05) is 65.4 Å². The van der Waals surface area contributed by atoms with Crippen molar-refractivity contribution in [1.82, 2.24) is 9.80 Å². The van der Waals surface area contributed by atoms with Crippen LogP contribution in [0.4, 0.5) is 5.69 Å². The molecule has 7 nitrogen and oxygen atoms in total. The number of methoxy groups -OCH3 is 1. The van der Waals surface area contributed by atoms with Gasteiger partial charge in [-0.3, -0.25) is 9.59 Å². The van der Waals surface area contributed by atoms with Crippen molar-refractivity contribution in [3.8, 4) is 11.5 Å². The molecule has 0 bridgehead atoms. The molecule has 3 aromatic rings. The number of amides is 2. The zero-order chi connectivity index (χ0) is 25.1. The summed E-state index contributed by atoms with van der Waals surface area (Å²) < 4.78 is 11.4. The number of hydrogen-bond acceptors (Lipinski definition) is 5. The van der Waals surface area contributed by atoms with Gasteiger partial charge < -0.3 is 24.2 Å². The summed E-state index contributed by atoms with van der Waals surface area (Å²) in [6.07, 6.45) is 2.62. The second-order valence-corrected chi connectivity index (χ2v) is 9.64. The lowest BCUT2D eigenvalue weighted by Crippen LogP contribution is -2.53. The standard InChI is InChI=1S/C29H33N3O4/c1-30(18-21-10-11-23-17-24(35-2)13-12-22(23)16-21)28(33)20-32-19-27(29(34)31-14-6-3-7-15-31)36-26-9-5-4-8-25(26)32/h4-5,8-13,16-17,27H,3,6-7,14-15,18-20H2,1-2H3. The third-order valence-corrected chi connectivity index (χ3v) is 7.09. The van der Waals surface area contributed by atoms with Gasteiger partial charge in [0.15, 0.2) is 6.10 Å². The summed E-state index contributed by atoms with van der Waals surface area (Å²) in [5, 5.41) is 2.21. The van der Waals surface area contributed by atoms with Gasteiger partial charge in [-0.15, -0.1) is 0 Å². The number of para-hydroxylation sites is 2. The SMILES string of the molecule is COc1ccc2cc(CN(C)C(=O)CN3CC(C(=O)N4CCCCC4)Oc4ccccc43)ccc2c1. The molecule has 1 fully saturated rings. The van der Waals surface area contributed by atoms with Crippen molar-refractivity contribution in [2.24, 2.45) is 0 Å². The molecule has 2 amide bonds.